The Morgan fingerprint density at radius 2 is 1.52 bits per heavy atom. The predicted molar refractivity (Wildman–Crippen MR) is 123 cm³/mol. The van der Waals surface area contributed by atoms with Gasteiger partial charge in [0.05, 0.1) is 11.9 Å². The summed E-state index contributed by atoms with van der Waals surface area (Å²) in [5, 5.41) is 2.87. The summed E-state index contributed by atoms with van der Waals surface area (Å²) >= 11 is 0. The van der Waals surface area contributed by atoms with Gasteiger partial charge in [0.1, 0.15) is 12.6 Å². The molecule has 2 aromatic carbocycles. The summed E-state index contributed by atoms with van der Waals surface area (Å²) in [4.78, 5) is 27.7. The first-order chi connectivity index (χ1) is 14.6. The van der Waals surface area contributed by atoms with Crippen molar-refractivity contribution in [3.05, 3.63) is 66.2 Å². The van der Waals surface area contributed by atoms with E-state index < -0.39 is 22.0 Å². The summed E-state index contributed by atoms with van der Waals surface area (Å²) in [6.07, 6.45) is 1.47. The molecule has 2 amide bonds. The molecule has 0 aliphatic rings. The Hall–Kier alpha value is -2.87. The van der Waals surface area contributed by atoms with E-state index in [1.165, 1.54) is 4.90 Å². The lowest BCUT2D eigenvalue weighted by Crippen LogP contribution is -2.53. The molecular weight excluding hydrogens is 414 g/mol. The van der Waals surface area contributed by atoms with E-state index in [-0.39, 0.29) is 25.0 Å². The molecule has 1 unspecified atom stereocenters. The summed E-state index contributed by atoms with van der Waals surface area (Å²) in [5.41, 5.74) is 1.26. The highest BCUT2D eigenvalue weighted by Gasteiger charge is 2.31. The van der Waals surface area contributed by atoms with Crippen LogP contribution in [0.2, 0.25) is 0 Å². The van der Waals surface area contributed by atoms with E-state index in [1.807, 2.05) is 51.1 Å². The number of sulfonamides is 1. The monoisotopic (exact) mass is 445 g/mol. The molecule has 1 atom stereocenters. The third-order valence-corrected chi connectivity index (χ3v) is 5.88. The minimum atomic E-state index is -3.71. The minimum Gasteiger partial charge on any atom is -0.352 e. The second-order valence-electron chi connectivity index (χ2n) is 7.70. The van der Waals surface area contributed by atoms with Crippen molar-refractivity contribution in [2.75, 3.05) is 17.1 Å². The quantitative estimate of drug-likeness (QED) is 0.609. The Kier molecular flexibility index (Phi) is 8.62. The van der Waals surface area contributed by atoms with Gasteiger partial charge in [-0.1, -0.05) is 55.5 Å². The first-order valence-corrected chi connectivity index (χ1v) is 12.1. The molecule has 0 spiro atoms. The van der Waals surface area contributed by atoms with Crippen LogP contribution in [0.25, 0.3) is 0 Å². The maximum atomic E-state index is 13.4. The third kappa shape index (κ3) is 7.10. The first kappa shape index (κ1) is 24.4. The van der Waals surface area contributed by atoms with Gasteiger partial charge < -0.3 is 10.2 Å². The van der Waals surface area contributed by atoms with E-state index in [2.05, 4.69) is 5.32 Å². The van der Waals surface area contributed by atoms with Crippen LogP contribution in [0.4, 0.5) is 5.69 Å². The van der Waals surface area contributed by atoms with Gasteiger partial charge in [-0.15, -0.1) is 0 Å². The van der Waals surface area contributed by atoms with E-state index in [4.69, 9.17) is 0 Å². The summed E-state index contributed by atoms with van der Waals surface area (Å²) < 4.78 is 26.0. The van der Waals surface area contributed by atoms with Gasteiger partial charge in [0.25, 0.3) is 0 Å². The number of benzene rings is 2. The Bertz CT molecular complexity index is 963. The van der Waals surface area contributed by atoms with Crippen LogP contribution in [0.1, 0.15) is 32.8 Å². The molecule has 0 aliphatic carbocycles. The molecule has 0 saturated heterocycles. The van der Waals surface area contributed by atoms with Crippen LogP contribution < -0.4 is 9.62 Å². The van der Waals surface area contributed by atoms with Gasteiger partial charge in [0.2, 0.25) is 21.8 Å². The molecule has 0 bridgehead atoms. The van der Waals surface area contributed by atoms with Gasteiger partial charge >= 0.3 is 0 Å². The zero-order valence-corrected chi connectivity index (χ0v) is 19.3. The normalized spacial score (nSPS) is 12.3. The zero-order valence-electron chi connectivity index (χ0n) is 18.5. The van der Waals surface area contributed by atoms with Crippen LogP contribution in [0.15, 0.2) is 60.7 Å². The highest BCUT2D eigenvalue weighted by molar-refractivity contribution is 7.92. The number of anilines is 1. The first-order valence-electron chi connectivity index (χ1n) is 10.3. The highest BCUT2D eigenvalue weighted by Crippen LogP contribution is 2.19. The molecule has 7 nitrogen and oxygen atoms in total. The molecule has 0 aliphatic heterocycles. The van der Waals surface area contributed by atoms with Crippen molar-refractivity contribution in [3.8, 4) is 0 Å². The Morgan fingerprint density at radius 3 is 2.00 bits per heavy atom. The van der Waals surface area contributed by atoms with Crippen LogP contribution in [-0.4, -0.2) is 50.0 Å². The molecule has 31 heavy (non-hydrogen) atoms. The highest BCUT2D eigenvalue weighted by atomic mass is 32.2. The number of rotatable bonds is 10. The third-order valence-electron chi connectivity index (χ3n) is 4.74. The number of para-hydroxylation sites is 1. The largest absolute Gasteiger partial charge is 0.352 e. The van der Waals surface area contributed by atoms with Gasteiger partial charge in [-0.25, -0.2) is 8.42 Å². The van der Waals surface area contributed by atoms with Crippen LogP contribution in [-0.2, 0) is 26.2 Å². The summed E-state index contributed by atoms with van der Waals surface area (Å²) in [7, 11) is -3.71. The standard InChI is InChI=1S/C23H31N3O4S/c1-5-21(23(28)24-18(2)3)25(16-19-12-8-6-9-13-19)22(27)17-26(31(4,29)30)20-14-10-7-11-15-20/h6-15,18,21H,5,16-17H2,1-4H3,(H,24,28). The summed E-state index contributed by atoms with van der Waals surface area (Å²) in [6.45, 7) is 5.36. The van der Waals surface area contributed by atoms with Crippen LogP contribution >= 0.6 is 0 Å². The molecule has 0 aromatic heterocycles. The van der Waals surface area contributed by atoms with E-state index in [9.17, 15) is 18.0 Å². The van der Waals surface area contributed by atoms with Crippen molar-refractivity contribution in [1.29, 1.82) is 0 Å². The van der Waals surface area contributed by atoms with Crippen molar-refractivity contribution in [1.82, 2.24) is 10.2 Å². The second-order valence-corrected chi connectivity index (χ2v) is 9.61. The molecule has 0 heterocycles. The van der Waals surface area contributed by atoms with Gasteiger partial charge in [0, 0.05) is 12.6 Å². The van der Waals surface area contributed by atoms with Crippen molar-refractivity contribution in [3.63, 3.8) is 0 Å². The molecule has 168 valence electrons. The molecule has 0 saturated carbocycles. The number of carbonyl (C=O) groups excluding carboxylic acids is 2. The van der Waals surface area contributed by atoms with Crippen molar-refractivity contribution in [2.45, 2.75) is 45.8 Å². The van der Waals surface area contributed by atoms with E-state index in [1.54, 1.807) is 30.3 Å². The molecule has 2 rings (SSSR count). The SMILES string of the molecule is CCC(C(=O)NC(C)C)N(Cc1ccccc1)C(=O)CN(c1ccccc1)S(C)(=O)=O. The van der Waals surface area contributed by atoms with Crippen molar-refractivity contribution in [2.24, 2.45) is 0 Å². The molecule has 1 N–H and O–H groups in total. The zero-order chi connectivity index (χ0) is 23.0. The number of nitrogens with one attached hydrogen (secondary N) is 1. The lowest BCUT2D eigenvalue weighted by Gasteiger charge is -2.33. The van der Waals surface area contributed by atoms with Gasteiger partial charge in [0.15, 0.2) is 0 Å². The molecular formula is C23H31N3O4S. The van der Waals surface area contributed by atoms with Crippen LogP contribution in [0, 0.1) is 0 Å². The van der Waals surface area contributed by atoms with Crippen molar-refractivity contribution < 1.29 is 18.0 Å². The average Bonchev–Trinajstić information content (AvgIpc) is 2.71. The van der Waals surface area contributed by atoms with E-state index >= 15 is 0 Å². The Morgan fingerprint density at radius 1 is 0.968 bits per heavy atom. The Balaban J connectivity index is 2.38. The second kappa shape index (κ2) is 10.9. The summed E-state index contributed by atoms with van der Waals surface area (Å²) in [6, 6.07) is 17.0. The topological polar surface area (TPSA) is 86.8 Å². The molecule has 2 aromatic rings. The fraction of sp³-hybridized carbons (Fsp3) is 0.391. The number of hydrogen-bond acceptors (Lipinski definition) is 4. The number of hydrogen-bond donors (Lipinski definition) is 1. The number of nitrogens with zero attached hydrogens (tertiary/aromatic N) is 2. The van der Waals surface area contributed by atoms with Crippen molar-refractivity contribution >= 4 is 27.5 Å². The molecule has 0 radical (unpaired) electrons. The maximum absolute atomic E-state index is 13.4. The maximum Gasteiger partial charge on any atom is 0.244 e. The fourth-order valence-electron chi connectivity index (χ4n) is 3.29. The van der Waals surface area contributed by atoms with Gasteiger partial charge in [-0.05, 0) is 38.0 Å². The smallest absolute Gasteiger partial charge is 0.244 e. The average molecular weight is 446 g/mol. The summed E-state index contributed by atoms with van der Waals surface area (Å²) in [5.74, 6) is -0.698. The predicted octanol–water partition coefficient (Wildman–Crippen LogP) is 2.78. The Labute approximate surface area is 185 Å². The van der Waals surface area contributed by atoms with Gasteiger partial charge in [-0.3, -0.25) is 13.9 Å². The lowest BCUT2D eigenvalue weighted by atomic mass is 10.1. The number of amides is 2. The fourth-order valence-corrected chi connectivity index (χ4v) is 4.14. The number of carbonyl (C=O) groups is 2. The van der Waals surface area contributed by atoms with Crippen LogP contribution in [0.5, 0.6) is 0 Å². The van der Waals surface area contributed by atoms with E-state index in [0.29, 0.717) is 12.1 Å². The molecule has 8 heteroatoms. The van der Waals surface area contributed by atoms with E-state index in [0.717, 1.165) is 16.1 Å². The minimum absolute atomic E-state index is 0.0768. The molecule has 0 fully saturated rings. The van der Waals surface area contributed by atoms with Crippen LogP contribution in [0.3, 0.4) is 0 Å². The lowest BCUT2D eigenvalue weighted by molar-refractivity contribution is -0.140. The van der Waals surface area contributed by atoms with Gasteiger partial charge in [-0.2, -0.15) is 0 Å².